The van der Waals surface area contributed by atoms with Crippen LogP contribution in [0.15, 0.2) is 29.8 Å². The molecule has 19 heavy (non-hydrogen) atoms. The van der Waals surface area contributed by atoms with Crippen LogP contribution < -0.4 is 5.73 Å². The normalized spacial score (nSPS) is 12.8. The van der Waals surface area contributed by atoms with Crippen LogP contribution in [0.25, 0.3) is 0 Å². The monoisotopic (exact) mass is 277 g/mol. The number of nitrogens with two attached hydrogens (primary N) is 1. The van der Waals surface area contributed by atoms with Gasteiger partial charge < -0.3 is 10.8 Å². The maximum absolute atomic E-state index is 10.2. The van der Waals surface area contributed by atoms with Crippen molar-refractivity contribution in [2.75, 3.05) is 19.3 Å². The van der Waals surface area contributed by atoms with Gasteiger partial charge in [0.05, 0.1) is 17.3 Å². The molecule has 2 rings (SSSR count). The Hall–Kier alpha value is -1.43. The van der Waals surface area contributed by atoms with Gasteiger partial charge in [0.1, 0.15) is 0 Å². The van der Waals surface area contributed by atoms with Crippen LogP contribution >= 0.6 is 11.3 Å². The number of likely N-dealkylation sites (N-methyl/N-ethyl adjacent to an activating group) is 1. The summed E-state index contributed by atoms with van der Waals surface area (Å²) in [5, 5.41) is 10.2. The van der Waals surface area contributed by atoms with Gasteiger partial charge in [-0.15, -0.1) is 11.3 Å². The molecule has 0 aliphatic rings. The fourth-order valence-corrected chi connectivity index (χ4v) is 2.76. The lowest BCUT2D eigenvalue weighted by atomic mass is 10.1. The van der Waals surface area contributed by atoms with Gasteiger partial charge in [0, 0.05) is 23.7 Å². The maximum atomic E-state index is 10.2. The molecule has 5 heteroatoms. The molecule has 0 amide bonds. The number of anilines is 1. The third kappa shape index (κ3) is 3.76. The van der Waals surface area contributed by atoms with Crippen molar-refractivity contribution in [3.8, 4) is 0 Å². The summed E-state index contributed by atoms with van der Waals surface area (Å²) in [6.07, 6.45) is -0.501. The van der Waals surface area contributed by atoms with Crippen LogP contribution in [0.1, 0.15) is 22.2 Å². The molecule has 0 radical (unpaired) electrons. The molecule has 102 valence electrons. The minimum absolute atomic E-state index is 0.501. The van der Waals surface area contributed by atoms with Crippen molar-refractivity contribution in [2.24, 2.45) is 0 Å². The zero-order valence-electron chi connectivity index (χ0n) is 11.2. The van der Waals surface area contributed by atoms with Gasteiger partial charge in [-0.1, -0.05) is 12.1 Å². The molecule has 4 nitrogen and oxygen atoms in total. The summed E-state index contributed by atoms with van der Waals surface area (Å²) in [5.74, 6) is 0. The number of thiazole rings is 1. The van der Waals surface area contributed by atoms with Gasteiger partial charge in [-0.2, -0.15) is 0 Å². The average molecular weight is 277 g/mol. The van der Waals surface area contributed by atoms with Gasteiger partial charge in [-0.05, 0) is 31.7 Å². The fraction of sp³-hybridized carbons (Fsp3) is 0.357. The second-order valence-corrected chi connectivity index (χ2v) is 5.68. The topological polar surface area (TPSA) is 62.4 Å². The molecular weight excluding hydrogens is 258 g/mol. The Kier molecular flexibility index (Phi) is 4.52. The van der Waals surface area contributed by atoms with E-state index in [2.05, 4.69) is 9.88 Å². The van der Waals surface area contributed by atoms with E-state index < -0.39 is 6.10 Å². The molecule has 0 saturated heterocycles. The Balaban J connectivity index is 1.93. The fourth-order valence-electron chi connectivity index (χ4n) is 1.91. The van der Waals surface area contributed by atoms with E-state index >= 15 is 0 Å². The standard InChI is InChI=1S/C14H19N3OS/c1-10-14(19-9-16-10)8-17(2)7-13(18)11-3-5-12(15)6-4-11/h3-6,9,13,18H,7-8,15H2,1-2H3. The van der Waals surface area contributed by atoms with Crippen LogP contribution in [-0.4, -0.2) is 28.6 Å². The molecule has 3 N–H and O–H groups in total. The highest BCUT2D eigenvalue weighted by Crippen LogP contribution is 2.18. The highest BCUT2D eigenvalue weighted by molar-refractivity contribution is 7.09. The van der Waals surface area contributed by atoms with Crippen LogP contribution in [0.2, 0.25) is 0 Å². The molecule has 1 atom stereocenters. The van der Waals surface area contributed by atoms with E-state index in [1.54, 1.807) is 11.3 Å². The number of rotatable bonds is 5. The predicted molar refractivity (Wildman–Crippen MR) is 79.0 cm³/mol. The van der Waals surface area contributed by atoms with Gasteiger partial charge >= 0.3 is 0 Å². The number of aliphatic hydroxyl groups excluding tert-OH is 1. The van der Waals surface area contributed by atoms with E-state index in [1.165, 1.54) is 4.88 Å². The van der Waals surface area contributed by atoms with E-state index in [0.717, 1.165) is 17.8 Å². The van der Waals surface area contributed by atoms with Gasteiger partial charge in [0.2, 0.25) is 0 Å². The summed E-state index contributed by atoms with van der Waals surface area (Å²) >= 11 is 1.65. The number of hydrogen-bond donors (Lipinski definition) is 2. The molecule has 0 saturated carbocycles. The third-order valence-corrected chi connectivity index (χ3v) is 3.98. The average Bonchev–Trinajstić information content (AvgIpc) is 2.75. The molecule has 1 aromatic heterocycles. The molecule has 1 aromatic carbocycles. The Labute approximate surface area is 117 Å². The van der Waals surface area contributed by atoms with E-state index in [0.29, 0.717) is 12.2 Å². The number of nitrogen functional groups attached to an aromatic ring is 1. The third-order valence-electron chi connectivity index (χ3n) is 3.06. The van der Waals surface area contributed by atoms with Crippen molar-refractivity contribution in [3.05, 3.63) is 45.9 Å². The highest BCUT2D eigenvalue weighted by Gasteiger charge is 2.12. The van der Waals surface area contributed by atoms with Crippen LogP contribution in [0.4, 0.5) is 5.69 Å². The highest BCUT2D eigenvalue weighted by atomic mass is 32.1. The van der Waals surface area contributed by atoms with Crippen molar-refractivity contribution in [1.29, 1.82) is 0 Å². The first-order valence-electron chi connectivity index (χ1n) is 6.17. The Morgan fingerprint density at radius 3 is 2.63 bits per heavy atom. The molecular formula is C14H19N3OS. The lowest BCUT2D eigenvalue weighted by molar-refractivity contribution is 0.124. The van der Waals surface area contributed by atoms with Crippen LogP contribution in [0.5, 0.6) is 0 Å². The Morgan fingerprint density at radius 2 is 2.05 bits per heavy atom. The summed E-state index contributed by atoms with van der Waals surface area (Å²) in [7, 11) is 2.00. The molecule has 0 fully saturated rings. The number of hydrogen-bond acceptors (Lipinski definition) is 5. The summed E-state index contributed by atoms with van der Waals surface area (Å²) in [6.45, 7) is 3.40. The zero-order chi connectivity index (χ0) is 13.8. The van der Waals surface area contributed by atoms with E-state index in [4.69, 9.17) is 5.73 Å². The summed E-state index contributed by atoms with van der Waals surface area (Å²) in [5.41, 5.74) is 10.2. The minimum atomic E-state index is -0.501. The molecule has 0 bridgehead atoms. The smallest absolute Gasteiger partial charge is 0.0916 e. The number of aliphatic hydroxyl groups is 1. The van der Waals surface area contributed by atoms with E-state index in [1.807, 2.05) is 43.7 Å². The van der Waals surface area contributed by atoms with Crippen LogP contribution in [0.3, 0.4) is 0 Å². The zero-order valence-corrected chi connectivity index (χ0v) is 12.0. The van der Waals surface area contributed by atoms with Crippen molar-refractivity contribution in [3.63, 3.8) is 0 Å². The summed E-state index contributed by atoms with van der Waals surface area (Å²) in [6, 6.07) is 7.36. The lowest BCUT2D eigenvalue weighted by Gasteiger charge is -2.20. The van der Waals surface area contributed by atoms with Gasteiger partial charge in [0.15, 0.2) is 0 Å². The minimum Gasteiger partial charge on any atom is -0.399 e. The first kappa shape index (κ1) is 14.0. The van der Waals surface area contributed by atoms with Crippen LogP contribution in [-0.2, 0) is 6.54 Å². The predicted octanol–water partition coefficient (Wildman–Crippen LogP) is 2.20. The second-order valence-electron chi connectivity index (χ2n) is 4.74. The number of nitrogens with zero attached hydrogens (tertiary/aromatic N) is 2. The van der Waals surface area contributed by atoms with Crippen molar-refractivity contribution in [2.45, 2.75) is 19.6 Å². The molecule has 1 heterocycles. The maximum Gasteiger partial charge on any atom is 0.0916 e. The SMILES string of the molecule is Cc1ncsc1CN(C)CC(O)c1ccc(N)cc1. The number of benzene rings is 1. The molecule has 0 aliphatic heterocycles. The number of aromatic nitrogens is 1. The first-order chi connectivity index (χ1) is 9.06. The summed E-state index contributed by atoms with van der Waals surface area (Å²) in [4.78, 5) is 7.57. The quantitative estimate of drug-likeness (QED) is 0.822. The van der Waals surface area contributed by atoms with Gasteiger partial charge in [-0.3, -0.25) is 4.90 Å². The molecule has 2 aromatic rings. The van der Waals surface area contributed by atoms with E-state index in [-0.39, 0.29) is 0 Å². The van der Waals surface area contributed by atoms with Crippen LogP contribution in [0, 0.1) is 6.92 Å². The lowest BCUT2D eigenvalue weighted by Crippen LogP contribution is -2.24. The second kappa shape index (κ2) is 6.14. The molecule has 0 spiro atoms. The number of aryl methyl sites for hydroxylation is 1. The van der Waals surface area contributed by atoms with Crippen molar-refractivity contribution < 1.29 is 5.11 Å². The van der Waals surface area contributed by atoms with Gasteiger partial charge in [-0.25, -0.2) is 4.98 Å². The summed E-state index contributed by atoms with van der Waals surface area (Å²) < 4.78 is 0. The Morgan fingerprint density at radius 1 is 1.37 bits per heavy atom. The molecule has 1 unspecified atom stereocenters. The van der Waals surface area contributed by atoms with Gasteiger partial charge in [0.25, 0.3) is 0 Å². The van der Waals surface area contributed by atoms with E-state index in [9.17, 15) is 5.11 Å². The van der Waals surface area contributed by atoms with Crippen molar-refractivity contribution in [1.82, 2.24) is 9.88 Å². The Bertz CT molecular complexity index is 524. The van der Waals surface area contributed by atoms with Crippen molar-refractivity contribution >= 4 is 17.0 Å². The molecule has 0 aliphatic carbocycles. The largest absolute Gasteiger partial charge is 0.399 e. The first-order valence-corrected chi connectivity index (χ1v) is 7.05.